The van der Waals surface area contributed by atoms with Crippen molar-refractivity contribution in [1.29, 1.82) is 0 Å². The van der Waals surface area contributed by atoms with Gasteiger partial charge in [-0.05, 0) is 53.2 Å². The second-order valence-corrected chi connectivity index (χ2v) is 18.5. The van der Waals surface area contributed by atoms with E-state index < -0.39 is 10.9 Å². The fourth-order valence-corrected chi connectivity index (χ4v) is 8.04. The van der Waals surface area contributed by atoms with Crippen molar-refractivity contribution in [2.45, 2.75) is 128 Å². The van der Waals surface area contributed by atoms with Gasteiger partial charge in [-0.25, -0.2) is 5.11 Å². The average molecular weight is 518 g/mol. The van der Waals surface area contributed by atoms with Crippen molar-refractivity contribution in [2.24, 2.45) is 10.8 Å². The van der Waals surface area contributed by atoms with Crippen molar-refractivity contribution in [2.75, 3.05) is 0 Å². The molecule has 0 amide bonds. The molecule has 1 N–H and O–H groups in total. The van der Waals surface area contributed by atoms with Crippen LogP contribution in [0.4, 0.5) is 0 Å². The third-order valence-corrected chi connectivity index (χ3v) is 10.1. The molecule has 1 aromatic carbocycles. The molecule has 1 aliphatic carbocycles. The van der Waals surface area contributed by atoms with Crippen LogP contribution >= 0.6 is 23.5 Å². The van der Waals surface area contributed by atoms with E-state index in [1.807, 2.05) is 6.08 Å². The Bertz CT molecular complexity index is 954. The van der Waals surface area contributed by atoms with E-state index in [0.717, 1.165) is 21.6 Å². The highest BCUT2D eigenvalue weighted by molar-refractivity contribution is 8.18. The summed E-state index contributed by atoms with van der Waals surface area (Å²) in [5.74, 6) is 0.403. The molecule has 0 saturated carbocycles. The molecule has 0 aliphatic heterocycles. The molecule has 2 rings (SSSR count). The first-order valence-corrected chi connectivity index (χ1v) is 14.4. The maximum Gasteiger partial charge on any atom is 0.133 e. The van der Waals surface area contributed by atoms with Crippen molar-refractivity contribution >= 4 is 23.5 Å². The molecule has 2 nitrogen and oxygen atoms in total. The summed E-state index contributed by atoms with van der Waals surface area (Å²) in [6, 6.07) is 4.29. The topological polar surface area (TPSA) is 40.1 Å². The third kappa shape index (κ3) is 6.54. The first-order valence-electron chi connectivity index (χ1n) is 12.8. The number of phenols is 1. The van der Waals surface area contributed by atoms with Crippen LogP contribution in [0.15, 0.2) is 40.8 Å². The van der Waals surface area contributed by atoms with E-state index in [1.54, 1.807) is 23.5 Å². The molecule has 1 aliphatic rings. The normalized spacial score (nSPS) is 22.4. The fraction of sp³-hybridized carbons (Fsp3) is 0.677. The van der Waals surface area contributed by atoms with E-state index in [1.165, 1.54) is 0 Å². The molecular formula is C31H49O2S2. The Kier molecular flexibility index (Phi) is 8.23. The molecule has 197 valence electrons. The Morgan fingerprint density at radius 2 is 1.23 bits per heavy atom. The number of aromatic hydroxyl groups is 1. The summed E-state index contributed by atoms with van der Waals surface area (Å²) in [5.41, 5.74) is 2.15. The minimum atomic E-state index is -0.826. The highest BCUT2D eigenvalue weighted by Crippen LogP contribution is 2.59. The second-order valence-electron chi connectivity index (χ2n) is 14.6. The van der Waals surface area contributed by atoms with Gasteiger partial charge >= 0.3 is 0 Å². The third-order valence-electron chi connectivity index (χ3n) is 6.81. The SMILES string of the molecule is CC(C)(Sc1cc(C(C)(C)C)c(O)c(C(C)(C)C)c1)SC1(C(C)(C)C)C=CC=C(C(C)(C)C)C1[O]. The predicted octanol–water partition coefficient (Wildman–Crippen LogP) is 9.67. The molecule has 2 atom stereocenters. The van der Waals surface area contributed by atoms with Gasteiger partial charge in [-0.1, -0.05) is 101 Å². The average Bonchev–Trinajstić information content (AvgIpc) is 2.60. The molecule has 2 unspecified atom stereocenters. The van der Waals surface area contributed by atoms with Crippen molar-refractivity contribution in [1.82, 2.24) is 0 Å². The first kappa shape index (κ1) is 30.4. The maximum atomic E-state index is 14.2. The summed E-state index contributed by atoms with van der Waals surface area (Å²) < 4.78 is -0.862. The lowest BCUT2D eigenvalue weighted by Gasteiger charge is -2.51. The maximum absolute atomic E-state index is 14.2. The molecule has 0 spiro atoms. The summed E-state index contributed by atoms with van der Waals surface area (Å²) in [6.45, 7) is 30.3. The molecule has 0 aromatic heterocycles. The Morgan fingerprint density at radius 3 is 1.60 bits per heavy atom. The summed E-state index contributed by atoms with van der Waals surface area (Å²) >= 11 is 3.59. The zero-order chi connectivity index (χ0) is 27.4. The lowest BCUT2D eigenvalue weighted by Crippen LogP contribution is -2.53. The Balaban J connectivity index is 2.57. The van der Waals surface area contributed by atoms with E-state index in [4.69, 9.17) is 0 Å². The first-order chi connectivity index (χ1) is 15.4. The van der Waals surface area contributed by atoms with E-state index in [-0.39, 0.29) is 25.7 Å². The second kappa shape index (κ2) is 9.48. The summed E-state index contributed by atoms with van der Waals surface area (Å²) in [5, 5.41) is 25.3. The summed E-state index contributed by atoms with van der Waals surface area (Å²) in [6.07, 6.45) is 5.47. The van der Waals surface area contributed by atoms with Crippen molar-refractivity contribution in [3.63, 3.8) is 0 Å². The van der Waals surface area contributed by atoms with Crippen LogP contribution in [0.5, 0.6) is 5.75 Å². The fourth-order valence-electron chi connectivity index (χ4n) is 4.75. The molecule has 4 heteroatoms. The lowest BCUT2D eigenvalue weighted by atomic mass is 9.68. The van der Waals surface area contributed by atoms with Gasteiger partial charge < -0.3 is 5.11 Å². The Morgan fingerprint density at radius 1 is 0.771 bits per heavy atom. The standard InChI is InChI=1S/C31H49O2S2/c1-26(2,3)21-16-15-17-31(25(21)33,29(10,11)12)35-30(13,14)34-20-18-22(27(4,5)6)24(32)23(19-20)28(7,8)9/h15-19,25,32H,1-14H3. The molecule has 35 heavy (non-hydrogen) atoms. The number of allylic oxidation sites excluding steroid dienone is 2. The van der Waals surface area contributed by atoms with Crippen LogP contribution in [0.25, 0.3) is 0 Å². The van der Waals surface area contributed by atoms with Gasteiger partial charge in [-0.3, -0.25) is 0 Å². The van der Waals surface area contributed by atoms with E-state index in [0.29, 0.717) is 5.75 Å². The van der Waals surface area contributed by atoms with Crippen LogP contribution in [0, 0.1) is 10.8 Å². The van der Waals surface area contributed by atoms with E-state index >= 15 is 0 Å². The number of hydrogen-bond acceptors (Lipinski definition) is 3. The van der Waals surface area contributed by atoms with E-state index in [2.05, 4.69) is 121 Å². The lowest BCUT2D eigenvalue weighted by molar-refractivity contribution is 0.0439. The van der Waals surface area contributed by atoms with Gasteiger partial charge in [-0.2, -0.15) is 0 Å². The number of benzene rings is 1. The molecule has 0 saturated heterocycles. The van der Waals surface area contributed by atoms with Gasteiger partial charge in [0.05, 0.1) is 8.83 Å². The number of thioether (sulfide) groups is 2. The number of hydrogen-bond donors (Lipinski definition) is 1. The zero-order valence-corrected chi connectivity index (χ0v) is 26.3. The van der Waals surface area contributed by atoms with Crippen molar-refractivity contribution < 1.29 is 10.2 Å². The van der Waals surface area contributed by atoms with Gasteiger partial charge in [0.15, 0.2) is 0 Å². The van der Waals surface area contributed by atoms with Crippen LogP contribution < -0.4 is 0 Å². The predicted molar refractivity (Wildman–Crippen MR) is 156 cm³/mol. The largest absolute Gasteiger partial charge is 0.507 e. The Labute approximate surface area is 224 Å². The number of rotatable bonds is 4. The number of phenolic OH excluding ortho intramolecular Hbond substituents is 1. The molecular weight excluding hydrogens is 468 g/mol. The van der Waals surface area contributed by atoms with Crippen LogP contribution in [-0.4, -0.2) is 20.0 Å². The minimum Gasteiger partial charge on any atom is -0.507 e. The van der Waals surface area contributed by atoms with Crippen LogP contribution in [-0.2, 0) is 15.9 Å². The van der Waals surface area contributed by atoms with Crippen molar-refractivity contribution in [3.05, 3.63) is 47.1 Å². The van der Waals surface area contributed by atoms with Crippen LogP contribution in [0.2, 0.25) is 0 Å². The minimum absolute atomic E-state index is 0.175. The highest BCUT2D eigenvalue weighted by atomic mass is 32.2. The van der Waals surface area contributed by atoms with Gasteiger partial charge in [-0.15, -0.1) is 23.5 Å². The van der Waals surface area contributed by atoms with Gasteiger partial charge in [0.25, 0.3) is 0 Å². The summed E-state index contributed by atoms with van der Waals surface area (Å²) in [4.78, 5) is 1.13. The van der Waals surface area contributed by atoms with Gasteiger partial charge in [0, 0.05) is 16.0 Å². The van der Waals surface area contributed by atoms with Gasteiger partial charge in [0.1, 0.15) is 11.9 Å². The molecule has 1 aromatic rings. The molecule has 0 fully saturated rings. The molecule has 1 radical (unpaired) electrons. The monoisotopic (exact) mass is 517 g/mol. The quantitative estimate of drug-likeness (QED) is 0.319. The highest BCUT2D eigenvalue weighted by Gasteiger charge is 2.54. The molecule has 0 bridgehead atoms. The Hall–Kier alpha value is -0.840. The van der Waals surface area contributed by atoms with Crippen molar-refractivity contribution in [3.8, 4) is 5.75 Å². The van der Waals surface area contributed by atoms with Gasteiger partial charge in [0.2, 0.25) is 0 Å². The molecule has 0 heterocycles. The van der Waals surface area contributed by atoms with E-state index in [9.17, 15) is 10.2 Å². The zero-order valence-electron chi connectivity index (χ0n) is 24.6. The van der Waals surface area contributed by atoms with Crippen LogP contribution in [0.1, 0.15) is 108 Å². The van der Waals surface area contributed by atoms with Crippen LogP contribution in [0.3, 0.4) is 0 Å². The smallest absolute Gasteiger partial charge is 0.133 e. The summed E-state index contributed by atoms with van der Waals surface area (Å²) in [7, 11) is 0.